The maximum Gasteiger partial charge on any atom is 0.236 e. The fourth-order valence-electron chi connectivity index (χ4n) is 1.44. The first-order chi connectivity index (χ1) is 9.20. The van der Waals surface area contributed by atoms with Crippen LogP contribution in [-0.2, 0) is 4.79 Å². The van der Waals surface area contributed by atoms with Gasteiger partial charge in [0.15, 0.2) is 5.17 Å². The molecule has 0 radical (unpaired) electrons. The summed E-state index contributed by atoms with van der Waals surface area (Å²) in [5, 5.41) is 12.7. The highest BCUT2D eigenvalue weighted by atomic mass is 79.9. The quantitative estimate of drug-likeness (QED) is 0.900. The number of amides is 1. The fraction of sp³-hybridized carbons (Fsp3) is 0.0909. The number of hydrogen-bond donors (Lipinski definition) is 1. The lowest BCUT2D eigenvalue weighted by atomic mass is 10.2. The van der Waals surface area contributed by atoms with E-state index in [0.29, 0.717) is 16.1 Å². The van der Waals surface area contributed by atoms with Crippen molar-refractivity contribution < 1.29 is 4.79 Å². The fourth-order valence-corrected chi connectivity index (χ4v) is 3.17. The normalized spacial score (nSPS) is 16.9. The van der Waals surface area contributed by atoms with Crippen LogP contribution in [0.1, 0.15) is 0 Å². The van der Waals surface area contributed by atoms with Crippen molar-refractivity contribution in [3.8, 4) is 10.6 Å². The van der Waals surface area contributed by atoms with Gasteiger partial charge in [0.2, 0.25) is 11.0 Å². The second-order valence-corrected chi connectivity index (χ2v) is 6.49. The Labute approximate surface area is 125 Å². The van der Waals surface area contributed by atoms with Crippen LogP contribution in [0, 0.1) is 0 Å². The van der Waals surface area contributed by atoms with Crippen molar-refractivity contribution in [2.24, 2.45) is 4.99 Å². The summed E-state index contributed by atoms with van der Waals surface area (Å²) in [7, 11) is 0. The van der Waals surface area contributed by atoms with Gasteiger partial charge in [-0.15, -0.1) is 10.2 Å². The van der Waals surface area contributed by atoms with Crippen LogP contribution in [0.15, 0.2) is 33.7 Å². The van der Waals surface area contributed by atoms with Gasteiger partial charge in [-0.2, -0.15) is 4.99 Å². The average molecular weight is 355 g/mol. The molecule has 0 spiro atoms. The van der Waals surface area contributed by atoms with E-state index < -0.39 is 0 Å². The molecule has 8 heteroatoms. The van der Waals surface area contributed by atoms with E-state index in [0.717, 1.165) is 15.0 Å². The largest absolute Gasteiger partial charge is 0.304 e. The maximum atomic E-state index is 11.1. The van der Waals surface area contributed by atoms with Gasteiger partial charge in [0.25, 0.3) is 0 Å². The molecule has 2 aromatic rings. The molecule has 0 unspecified atom stereocenters. The van der Waals surface area contributed by atoms with Crippen LogP contribution in [0.3, 0.4) is 0 Å². The first kappa shape index (κ1) is 12.8. The molecule has 1 N–H and O–H groups in total. The monoisotopic (exact) mass is 354 g/mol. The molecule has 1 saturated heterocycles. The lowest BCUT2D eigenvalue weighted by Gasteiger charge is -1.94. The van der Waals surface area contributed by atoms with Crippen LogP contribution in [0.2, 0.25) is 0 Å². The molecule has 1 aliphatic rings. The van der Waals surface area contributed by atoms with Crippen molar-refractivity contribution in [1.82, 2.24) is 15.5 Å². The van der Waals surface area contributed by atoms with E-state index in [1.165, 1.54) is 23.1 Å². The number of benzene rings is 1. The van der Waals surface area contributed by atoms with Gasteiger partial charge in [-0.25, -0.2) is 0 Å². The Morgan fingerprint density at radius 2 is 2.05 bits per heavy atom. The van der Waals surface area contributed by atoms with Crippen LogP contribution in [0.5, 0.6) is 0 Å². The molecule has 96 valence electrons. The van der Waals surface area contributed by atoms with E-state index in [4.69, 9.17) is 0 Å². The molecule has 0 bridgehead atoms. The van der Waals surface area contributed by atoms with Gasteiger partial charge in [0.05, 0.1) is 5.75 Å². The lowest BCUT2D eigenvalue weighted by Crippen LogP contribution is -2.19. The smallest absolute Gasteiger partial charge is 0.236 e. The minimum absolute atomic E-state index is 0.0265. The first-order valence-corrected chi connectivity index (χ1v) is 7.91. The van der Waals surface area contributed by atoms with E-state index in [1.54, 1.807) is 0 Å². The van der Waals surface area contributed by atoms with Crippen molar-refractivity contribution in [2.45, 2.75) is 0 Å². The third-order valence-electron chi connectivity index (χ3n) is 2.29. The molecule has 0 saturated carbocycles. The Bertz CT molecular complexity index is 653. The van der Waals surface area contributed by atoms with Gasteiger partial charge in [0, 0.05) is 10.0 Å². The topological polar surface area (TPSA) is 67.2 Å². The molecule has 2 heterocycles. The Kier molecular flexibility index (Phi) is 3.63. The first-order valence-electron chi connectivity index (χ1n) is 5.31. The summed E-state index contributed by atoms with van der Waals surface area (Å²) in [6.45, 7) is 0. The number of rotatable bonds is 2. The van der Waals surface area contributed by atoms with E-state index in [1.807, 2.05) is 24.3 Å². The van der Waals surface area contributed by atoms with Crippen molar-refractivity contribution in [3.05, 3.63) is 28.7 Å². The molecule has 0 aliphatic carbocycles. The van der Waals surface area contributed by atoms with Crippen LogP contribution in [0.25, 0.3) is 10.6 Å². The summed E-state index contributed by atoms with van der Waals surface area (Å²) < 4.78 is 1.02. The molecule has 3 rings (SSSR count). The number of nitrogens with zero attached hydrogens (tertiary/aromatic N) is 3. The summed E-state index contributed by atoms with van der Waals surface area (Å²) in [4.78, 5) is 15.3. The summed E-state index contributed by atoms with van der Waals surface area (Å²) in [5.74, 6) is 0.387. The SMILES string of the molecule is O=C1CSC(=Nc2nnc(-c3ccc(Br)cc3)s2)N1. The Morgan fingerprint density at radius 3 is 2.74 bits per heavy atom. The number of thioether (sulfide) groups is 1. The molecule has 19 heavy (non-hydrogen) atoms. The van der Waals surface area contributed by atoms with Crippen molar-refractivity contribution in [3.63, 3.8) is 0 Å². The van der Waals surface area contributed by atoms with Gasteiger partial charge < -0.3 is 5.32 Å². The predicted molar refractivity (Wildman–Crippen MR) is 80.7 cm³/mol. The molecular formula is C11H7BrN4OS2. The zero-order valence-electron chi connectivity index (χ0n) is 9.46. The highest BCUT2D eigenvalue weighted by molar-refractivity contribution is 9.10. The average Bonchev–Trinajstić information content (AvgIpc) is 3.00. The third kappa shape index (κ3) is 3.02. The molecule has 1 aromatic heterocycles. The maximum absolute atomic E-state index is 11.1. The highest BCUT2D eigenvalue weighted by Crippen LogP contribution is 2.29. The Morgan fingerprint density at radius 1 is 1.26 bits per heavy atom. The summed E-state index contributed by atoms with van der Waals surface area (Å²) in [6.07, 6.45) is 0. The van der Waals surface area contributed by atoms with Gasteiger partial charge in [-0.3, -0.25) is 4.79 Å². The number of carbonyl (C=O) groups excluding carboxylic acids is 1. The van der Waals surface area contributed by atoms with Gasteiger partial charge in [-0.1, -0.05) is 51.2 Å². The van der Waals surface area contributed by atoms with E-state index >= 15 is 0 Å². The van der Waals surface area contributed by atoms with E-state index in [-0.39, 0.29) is 5.91 Å². The summed E-state index contributed by atoms with van der Waals surface area (Å²) in [6, 6.07) is 7.84. The lowest BCUT2D eigenvalue weighted by molar-refractivity contribution is -0.116. The zero-order valence-corrected chi connectivity index (χ0v) is 12.7. The minimum Gasteiger partial charge on any atom is -0.304 e. The number of hydrogen-bond acceptors (Lipinski definition) is 6. The van der Waals surface area contributed by atoms with Crippen molar-refractivity contribution in [1.29, 1.82) is 0 Å². The Hall–Kier alpha value is -1.25. The highest BCUT2D eigenvalue weighted by Gasteiger charge is 2.17. The zero-order chi connectivity index (χ0) is 13.2. The third-order valence-corrected chi connectivity index (χ3v) is 4.56. The van der Waals surface area contributed by atoms with Crippen LogP contribution < -0.4 is 5.32 Å². The van der Waals surface area contributed by atoms with Gasteiger partial charge >= 0.3 is 0 Å². The van der Waals surface area contributed by atoms with E-state index in [2.05, 4.69) is 36.4 Å². The number of aliphatic imine (C=N–C) groups is 1. The number of halogens is 1. The minimum atomic E-state index is -0.0265. The standard InChI is InChI=1S/C11H7BrN4OS2/c12-7-3-1-6(2-4-7)9-15-16-11(19-9)14-10-13-8(17)5-18-10/h1-4H,5H2,(H,13,14,16,17). The number of amidine groups is 1. The van der Waals surface area contributed by atoms with Crippen molar-refractivity contribution in [2.75, 3.05) is 5.75 Å². The molecule has 1 aliphatic heterocycles. The Balaban J connectivity index is 1.83. The van der Waals surface area contributed by atoms with Crippen LogP contribution in [-0.4, -0.2) is 27.0 Å². The number of aromatic nitrogens is 2. The second kappa shape index (κ2) is 5.40. The second-order valence-electron chi connectivity index (χ2n) is 3.65. The molecule has 1 aromatic carbocycles. The number of nitrogens with one attached hydrogen (secondary N) is 1. The summed E-state index contributed by atoms with van der Waals surface area (Å²) in [5.41, 5.74) is 0.996. The summed E-state index contributed by atoms with van der Waals surface area (Å²) >= 11 is 6.15. The van der Waals surface area contributed by atoms with Crippen molar-refractivity contribution >= 4 is 55.2 Å². The van der Waals surface area contributed by atoms with Gasteiger partial charge in [-0.05, 0) is 12.1 Å². The van der Waals surface area contributed by atoms with Crippen LogP contribution >= 0.6 is 39.0 Å². The van der Waals surface area contributed by atoms with Gasteiger partial charge in [0.1, 0.15) is 5.01 Å². The van der Waals surface area contributed by atoms with Crippen LogP contribution in [0.4, 0.5) is 5.13 Å². The van der Waals surface area contributed by atoms with E-state index in [9.17, 15) is 4.79 Å². The molecule has 0 atom stereocenters. The molecular weight excluding hydrogens is 348 g/mol. The number of carbonyl (C=O) groups is 1. The predicted octanol–water partition coefficient (Wildman–Crippen LogP) is 2.82. The molecule has 5 nitrogen and oxygen atoms in total. The molecule has 1 fully saturated rings. The molecule has 1 amide bonds.